The van der Waals surface area contributed by atoms with Crippen LogP contribution in [0.4, 0.5) is 9.52 Å². The van der Waals surface area contributed by atoms with Crippen LogP contribution in [0.2, 0.25) is 0 Å². The van der Waals surface area contributed by atoms with Crippen LogP contribution >= 0.6 is 11.3 Å². The van der Waals surface area contributed by atoms with E-state index in [0.717, 1.165) is 18.2 Å². The molecule has 23 heavy (non-hydrogen) atoms. The maximum absolute atomic E-state index is 12.9. The number of hydrogen-bond acceptors (Lipinski definition) is 6. The summed E-state index contributed by atoms with van der Waals surface area (Å²) in [5.41, 5.74) is 0. The zero-order valence-corrected chi connectivity index (χ0v) is 13.2. The summed E-state index contributed by atoms with van der Waals surface area (Å²) in [5, 5.41) is 2.97. The number of thiazole rings is 1. The molecule has 1 aromatic carbocycles. The molecule has 5 nitrogen and oxygen atoms in total. The van der Waals surface area contributed by atoms with Gasteiger partial charge in [-0.1, -0.05) is 0 Å². The lowest BCUT2D eigenvalue weighted by atomic mass is 10.3. The van der Waals surface area contributed by atoms with Crippen LogP contribution in [0.25, 0.3) is 0 Å². The second kappa shape index (κ2) is 6.43. The van der Waals surface area contributed by atoms with Crippen molar-refractivity contribution in [3.63, 3.8) is 0 Å². The summed E-state index contributed by atoms with van der Waals surface area (Å²) in [5.74, 6) is 0.350. The summed E-state index contributed by atoms with van der Waals surface area (Å²) in [6.45, 7) is 2.48. The highest BCUT2D eigenvalue weighted by atomic mass is 32.1. The molecule has 2 aromatic rings. The molecule has 2 aliphatic heterocycles. The lowest BCUT2D eigenvalue weighted by Gasteiger charge is -2.19. The van der Waals surface area contributed by atoms with E-state index in [9.17, 15) is 4.39 Å². The minimum Gasteiger partial charge on any atom is -0.486 e. The van der Waals surface area contributed by atoms with Gasteiger partial charge in [-0.3, -0.25) is 0 Å². The molecular formula is C16H17FN2O3S. The van der Waals surface area contributed by atoms with Gasteiger partial charge in [0.2, 0.25) is 0 Å². The zero-order valence-electron chi connectivity index (χ0n) is 12.4. The summed E-state index contributed by atoms with van der Waals surface area (Å²) in [7, 11) is 0. The van der Waals surface area contributed by atoms with Gasteiger partial charge in [0, 0.05) is 24.7 Å². The monoisotopic (exact) mass is 336 g/mol. The molecule has 7 heteroatoms. The molecule has 0 amide bonds. The number of aromatic nitrogens is 1. The molecule has 0 aliphatic carbocycles. The van der Waals surface area contributed by atoms with Crippen molar-refractivity contribution in [2.45, 2.75) is 18.3 Å². The summed E-state index contributed by atoms with van der Waals surface area (Å²) in [4.78, 5) is 6.53. The lowest BCUT2D eigenvalue weighted by molar-refractivity contribution is -0.00461. The minimum absolute atomic E-state index is 0.0284. The van der Waals surface area contributed by atoms with Crippen LogP contribution in [0, 0.1) is 5.82 Å². The summed E-state index contributed by atoms with van der Waals surface area (Å²) in [6.07, 6.45) is 1.68. The topological polar surface area (TPSA) is 43.8 Å². The van der Waals surface area contributed by atoms with E-state index in [1.807, 2.05) is 11.6 Å². The number of hydrogen-bond donors (Lipinski definition) is 0. The first-order valence-corrected chi connectivity index (χ1v) is 8.46. The first kappa shape index (κ1) is 14.9. The third-order valence-corrected chi connectivity index (χ3v) is 4.85. The molecule has 4 rings (SSSR count). The van der Waals surface area contributed by atoms with Gasteiger partial charge < -0.3 is 19.1 Å². The van der Waals surface area contributed by atoms with E-state index in [1.54, 1.807) is 23.5 Å². The second-order valence-electron chi connectivity index (χ2n) is 5.66. The van der Waals surface area contributed by atoms with E-state index < -0.39 is 0 Å². The zero-order chi connectivity index (χ0) is 15.6. The van der Waals surface area contributed by atoms with E-state index in [2.05, 4.69) is 9.88 Å². The predicted molar refractivity (Wildman–Crippen MR) is 84.6 cm³/mol. The Morgan fingerprint density at radius 2 is 1.83 bits per heavy atom. The molecule has 0 saturated carbocycles. The van der Waals surface area contributed by atoms with E-state index in [-0.39, 0.29) is 24.1 Å². The second-order valence-corrected chi connectivity index (χ2v) is 6.53. The van der Waals surface area contributed by atoms with Crippen LogP contribution in [0.1, 0.15) is 0 Å². The van der Waals surface area contributed by atoms with E-state index >= 15 is 0 Å². The Morgan fingerprint density at radius 3 is 2.43 bits per heavy atom. The first-order valence-electron chi connectivity index (χ1n) is 7.58. The third-order valence-electron chi connectivity index (χ3n) is 4.01. The van der Waals surface area contributed by atoms with Gasteiger partial charge in [0.15, 0.2) is 5.13 Å². The van der Waals surface area contributed by atoms with Gasteiger partial charge in [-0.05, 0) is 24.3 Å². The van der Waals surface area contributed by atoms with Crippen molar-refractivity contribution in [3.05, 3.63) is 41.7 Å². The average molecular weight is 336 g/mol. The van der Waals surface area contributed by atoms with Gasteiger partial charge in [-0.2, -0.15) is 0 Å². The SMILES string of the molecule is Fc1ccc(OC2CO[C@H]3CN(c4nccs4)C[C@@H]3OC2)cc1. The quantitative estimate of drug-likeness (QED) is 0.861. The highest BCUT2D eigenvalue weighted by Crippen LogP contribution is 2.27. The van der Waals surface area contributed by atoms with Crippen LogP contribution in [0.5, 0.6) is 5.75 Å². The molecule has 0 N–H and O–H groups in total. The number of anilines is 1. The Kier molecular flexibility index (Phi) is 4.15. The minimum atomic E-state index is -0.275. The van der Waals surface area contributed by atoms with Gasteiger partial charge in [0.05, 0.1) is 13.2 Å². The molecule has 2 saturated heterocycles. The largest absolute Gasteiger partial charge is 0.486 e. The molecule has 122 valence electrons. The summed E-state index contributed by atoms with van der Waals surface area (Å²) >= 11 is 1.62. The number of fused-ring (bicyclic) bond motifs is 1. The Bertz CT molecular complexity index is 621. The Labute approximate surface area is 137 Å². The highest BCUT2D eigenvalue weighted by molar-refractivity contribution is 7.13. The molecule has 2 aliphatic rings. The molecule has 2 atom stereocenters. The van der Waals surface area contributed by atoms with Crippen molar-refractivity contribution < 1.29 is 18.6 Å². The normalized spacial score (nSPS) is 25.2. The van der Waals surface area contributed by atoms with Gasteiger partial charge >= 0.3 is 0 Å². The van der Waals surface area contributed by atoms with Crippen molar-refractivity contribution >= 4 is 16.5 Å². The average Bonchev–Trinajstić information content (AvgIpc) is 3.18. The fraction of sp³-hybridized carbons (Fsp3) is 0.438. The van der Waals surface area contributed by atoms with Crippen molar-refractivity contribution in [1.82, 2.24) is 4.98 Å². The van der Waals surface area contributed by atoms with Crippen LogP contribution in [-0.4, -0.2) is 49.6 Å². The standard InChI is InChI=1S/C16H17FN2O3S/c17-11-1-3-12(4-2-11)22-13-9-20-14-7-19(8-15(14)21-10-13)16-18-5-6-23-16/h1-6,13-15H,7-10H2/t14-,15-/m0/s1. The van der Waals surface area contributed by atoms with Crippen molar-refractivity contribution in [2.75, 3.05) is 31.2 Å². The molecule has 0 spiro atoms. The van der Waals surface area contributed by atoms with Crippen molar-refractivity contribution in [3.8, 4) is 5.75 Å². The predicted octanol–water partition coefficient (Wildman–Crippen LogP) is 2.33. The van der Waals surface area contributed by atoms with Crippen LogP contribution in [-0.2, 0) is 9.47 Å². The third kappa shape index (κ3) is 3.31. The highest BCUT2D eigenvalue weighted by Gasteiger charge is 2.38. The molecule has 0 radical (unpaired) electrons. The van der Waals surface area contributed by atoms with Gasteiger partial charge in [0.1, 0.15) is 29.9 Å². The Morgan fingerprint density at radius 1 is 1.13 bits per heavy atom. The number of ether oxygens (including phenoxy) is 3. The Hall–Kier alpha value is -1.70. The van der Waals surface area contributed by atoms with Crippen molar-refractivity contribution in [1.29, 1.82) is 0 Å². The molecule has 1 aromatic heterocycles. The van der Waals surface area contributed by atoms with Crippen LogP contribution in [0.15, 0.2) is 35.8 Å². The van der Waals surface area contributed by atoms with Crippen LogP contribution in [0.3, 0.4) is 0 Å². The number of halogens is 1. The molecule has 3 heterocycles. The van der Waals surface area contributed by atoms with Gasteiger partial charge in [0.25, 0.3) is 0 Å². The van der Waals surface area contributed by atoms with E-state index in [4.69, 9.17) is 14.2 Å². The van der Waals surface area contributed by atoms with Gasteiger partial charge in [-0.25, -0.2) is 9.37 Å². The fourth-order valence-electron chi connectivity index (χ4n) is 2.88. The lowest BCUT2D eigenvalue weighted by Crippen LogP contribution is -2.29. The summed E-state index contributed by atoms with van der Waals surface area (Å²) in [6, 6.07) is 6.00. The van der Waals surface area contributed by atoms with Crippen LogP contribution < -0.4 is 9.64 Å². The molecular weight excluding hydrogens is 319 g/mol. The maximum atomic E-state index is 12.9. The van der Waals surface area contributed by atoms with E-state index in [1.165, 1.54) is 12.1 Å². The smallest absolute Gasteiger partial charge is 0.185 e. The van der Waals surface area contributed by atoms with E-state index in [0.29, 0.717) is 19.0 Å². The van der Waals surface area contributed by atoms with Crippen molar-refractivity contribution in [2.24, 2.45) is 0 Å². The van der Waals surface area contributed by atoms with Gasteiger partial charge in [-0.15, -0.1) is 11.3 Å². The Balaban J connectivity index is 1.35. The number of nitrogens with zero attached hydrogens (tertiary/aromatic N) is 2. The number of rotatable bonds is 3. The first-order chi connectivity index (χ1) is 11.3. The molecule has 2 fully saturated rings. The fourth-order valence-corrected chi connectivity index (χ4v) is 3.54. The summed E-state index contributed by atoms with van der Waals surface area (Å²) < 4.78 is 30.7. The molecule has 0 unspecified atom stereocenters. The molecule has 0 bridgehead atoms. The number of benzene rings is 1. The maximum Gasteiger partial charge on any atom is 0.185 e.